The number of nitrogens with zero attached hydrogens (tertiary/aromatic N) is 1. The third-order valence-electron chi connectivity index (χ3n) is 4.84. The summed E-state index contributed by atoms with van der Waals surface area (Å²) in [5.74, 6) is 0.584. The number of quaternary nitrogens is 1. The van der Waals surface area contributed by atoms with Gasteiger partial charge < -0.3 is 24.4 Å². The monoisotopic (exact) mass is 403 g/mol. The van der Waals surface area contributed by atoms with Crippen LogP contribution in [0.1, 0.15) is 12.8 Å². The van der Waals surface area contributed by atoms with Gasteiger partial charge >= 0.3 is 0 Å². The van der Waals surface area contributed by atoms with Crippen LogP contribution < -0.4 is 9.64 Å². The normalized spacial score (nSPS) is 22.4. The second-order valence-corrected chi connectivity index (χ2v) is 7.66. The van der Waals surface area contributed by atoms with Crippen LogP contribution in [0.25, 0.3) is 0 Å². The van der Waals surface area contributed by atoms with Gasteiger partial charge in [0.2, 0.25) is 0 Å². The molecule has 2 N–H and O–H groups in total. The molecule has 2 aliphatic heterocycles. The molecule has 26 heavy (non-hydrogen) atoms. The lowest BCUT2D eigenvalue weighted by Gasteiger charge is -2.34. The average molecular weight is 404 g/mol. The van der Waals surface area contributed by atoms with Gasteiger partial charge in [0, 0.05) is 17.7 Å². The van der Waals surface area contributed by atoms with Gasteiger partial charge in [0.05, 0.1) is 31.2 Å². The maximum Gasteiger partial charge on any atom is 0.252 e. The number of hydrogen-bond acceptors (Lipinski definition) is 4. The smallest absolute Gasteiger partial charge is 0.252 e. The molecule has 2 saturated heterocycles. The molecule has 0 aliphatic carbocycles. The van der Waals surface area contributed by atoms with Crippen LogP contribution in [0.2, 0.25) is 10.0 Å². The Morgan fingerprint density at radius 1 is 1.38 bits per heavy atom. The Bertz CT molecular complexity index is 617. The maximum atomic E-state index is 12.3. The van der Waals surface area contributed by atoms with E-state index in [0.29, 0.717) is 42.0 Å². The molecule has 144 valence electrons. The second-order valence-electron chi connectivity index (χ2n) is 6.82. The minimum absolute atomic E-state index is 0.112. The second kappa shape index (κ2) is 9.24. The number of piperazine rings is 1. The van der Waals surface area contributed by atoms with E-state index in [9.17, 15) is 9.90 Å². The number of carbonyl (C=O) groups is 1. The molecule has 1 aromatic carbocycles. The van der Waals surface area contributed by atoms with Gasteiger partial charge in [0.25, 0.3) is 5.91 Å². The van der Waals surface area contributed by atoms with E-state index in [1.54, 1.807) is 18.2 Å². The van der Waals surface area contributed by atoms with Crippen molar-refractivity contribution < 1.29 is 24.3 Å². The van der Waals surface area contributed by atoms with Crippen molar-refractivity contribution in [2.24, 2.45) is 0 Å². The number of benzene rings is 1. The lowest BCUT2D eigenvalue weighted by molar-refractivity contribution is -0.907. The van der Waals surface area contributed by atoms with Crippen LogP contribution in [0.15, 0.2) is 18.2 Å². The van der Waals surface area contributed by atoms with Crippen molar-refractivity contribution in [3.8, 4) is 5.75 Å². The summed E-state index contributed by atoms with van der Waals surface area (Å²) in [5.41, 5.74) is 0. The van der Waals surface area contributed by atoms with Gasteiger partial charge in [0.15, 0.2) is 0 Å². The van der Waals surface area contributed by atoms with E-state index in [4.69, 9.17) is 32.7 Å². The lowest BCUT2D eigenvalue weighted by atomic mass is 10.2. The molecule has 6 nitrogen and oxygen atoms in total. The first-order chi connectivity index (χ1) is 12.5. The highest BCUT2D eigenvalue weighted by Crippen LogP contribution is 2.27. The quantitative estimate of drug-likeness (QED) is 0.731. The Labute approximate surface area is 163 Å². The largest absolute Gasteiger partial charge is 0.489 e. The average Bonchev–Trinajstić information content (AvgIpc) is 3.17. The Hall–Kier alpha value is -1.05. The van der Waals surface area contributed by atoms with E-state index >= 15 is 0 Å². The molecular formula is C18H25Cl2N2O4+. The van der Waals surface area contributed by atoms with Crippen LogP contribution in [0, 0.1) is 0 Å². The molecule has 0 radical (unpaired) electrons. The number of hydrogen-bond donors (Lipinski definition) is 2. The topological polar surface area (TPSA) is 63.4 Å². The molecule has 0 spiro atoms. The van der Waals surface area contributed by atoms with Gasteiger partial charge in [0.1, 0.15) is 31.1 Å². The molecule has 1 amide bonds. The number of amides is 1. The van der Waals surface area contributed by atoms with Crippen molar-refractivity contribution in [2.75, 3.05) is 45.9 Å². The van der Waals surface area contributed by atoms with Gasteiger partial charge in [-0.25, -0.2) is 0 Å². The molecule has 2 aliphatic rings. The van der Waals surface area contributed by atoms with E-state index in [0.717, 1.165) is 25.9 Å². The molecule has 0 aromatic heterocycles. The first kappa shape index (κ1) is 19.7. The van der Waals surface area contributed by atoms with Crippen LogP contribution in [0.5, 0.6) is 5.75 Å². The Morgan fingerprint density at radius 2 is 2.15 bits per heavy atom. The Kier molecular flexibility index (Phi) is 7.00. The van der Waals surface area contributed by atoms with E-state index in [1.165, 1.54) is 4.90 Å². The van der Waals surface area contributed by atoms with E-state index < -0.39 is 6.10 Å². The van der Waals surface area contributed by atoms with Crippen molar-refractivity contribution in [2.45, 2.75) is 25.0 Å². The first-order valence-corrected chi connectivity index (χ1v) is 9.78. The zero-order valence-corrected chi connectivity index (χ0v) is 16.1. The van der Waals surface area contributed by atoms with Crippen LogP contribution in [0.3, 0.4) is 0 Å². The predicted octanol–water partition coefficient (Wildman–Crippen LogP) is 0.639. The highest BCUT2D eigenvalue weighted by atomic mass is 35.5. The third kappa shape index (κ3) is 5.24. The molecule has 0 unspecified atom stereocenters. The lowest BCUT2D eigenvalue weighted by Crippen LogP contribution is -3.16. The summed E-state index contributed by atoms with van der Waals surface area (Å²) in [7, 11) is 0. The van der Waals surface area contributed by atoms with Crippen LogP contribution in [0.4, 0.5) is 0 Å². The van der Waals surface area contributed by atoms with Gasteiger partial charge in [-0.2, -0.15) is 0 Å². The number of nitrogens with one attached hydrogen (secondary N) is 1. The van der Waals surface area contributed by atoms with Gasteiger partial charge in [-0.15, -0.1) is 0 Å². The van der Waals surface area contributed by atoms with E-state index in [1.807, 2.05) is 4.90 Å². The molecule has 3 rings (SSSR count). The van der Waals surface area contributed by atoms with Gasteiger partial charge in [-0.1, -0.05) is 23.2 Å². The number of aliphatic hydroxyl groups excluding tert-OH is 1. The molecule has 0 saturated carbocycles. The molecule has 2 atom stereocenters. The summed E-state index contributed by atoms with van der Waals surface area (Å²) in [6.45, 7) is 4.43. The zero-order valence-electron chi connectivity index (χ0n) is 14.6. The summed E-state index contributed by atoms with van der Waals surface area (Å²) in [6, 6.07) is 4.99. The van der Waals surface area contributed by atoms with Crippen LogP contribution in [-0.4, -0.2) is 74.1 Å². The SMILES string of the molecule is O=C([C@@H]1CCCO1)N1CC[NH+](C[C@@H](O)COc2cc(Cl)ccc2Cl)CC1. The van der Waals surface area contributed by atoms with Gasteiger partial charge in [-0.3, -0.25) is 4.79 Å². The summed E-state index contributed by atoms with van der Waals surface area (Å²) in [6.07, 6.45) is 0.928. The summed E-state index contributed by atoms with van der Waals surface area (Å²) in [5, 5.41) is 11.3. The maximum absolute atomic E-state index is 12.3. The highest BCUT2D eigenvalue weighted by molar-refractivity contribution is 6.34. The standard InChI is InChI=1S/C18H24Cl2N2O4/c19-13-3-4-15(20)17(10-13)26-12-14(23)11-21-5-7-22(8-6-21)18(24)16-2-1-9-25-16/h3-4,10,14,16,23H,1-2,5-9,11-12H2/p+1/t14-,16+/m1/s1. The van der Waals surface area contributed by atoms with Crippen molar-refractivity contribution >= 4 is 29.1 Å². The van der Waals surface area contributed by atoms with E-state index in [-0.39, 0.29) is 18.6 Å². The molecule has 8 heteroatoms. The minimum Gasteiger partial charge on any atom is -0.489 e. The fourth-order valence-corrected chi connectivity index (χ4v) is 3.72. The number of ether oxygens (including phenoxy) is 2. The summed E-state index contributed by atoms with van der Waals surface area (Å²) < 4.78 is 11.1. The van der Waals surface area contributed by atoms with Crippen LogP contribution >= 0.6 is 23.2 Å². The zero-order chi connectivity index (χ0) is 18.5. The Morgan fingerprint density at radius 3 is 2.85 bits per heavy atom. The highest BCUT2D eigenvalue weighted by Gasteiger charge is 2.32. The van der Waals surface area contributed by atoms with Crippen LogP contribution in [-0.2, 0) is 9.53 Å². The number of rotatable bonds is 6. The van der Waals surface area contributed by atoms with E-state index in [2.05, 4.69) is 0 Å². The molecular weight excluding hydrogens is 379 g/mol. The third-order valence-corrected chi connectivity index (χ3v) is 5.38. The van der Waals surface area contributed by atoms with Crippen molar-refractivity contribution in [1.29, 1.82) is 0 Å². The summed E-state index contributed by atoms with van der Waals surface area (Å²) in [4.78, 5) is 15.5. The first-order valence-electron chi connectivity index (χ1n) is 9.03. The van der Waals surface area contributed by atoms with Crippen molar-refractivity contribution in [3.05, 3.63) is 28.2 Å². The Balaban J connectivity index is 1.39. The summed E-state index contributed by atoms with van der Waals surface area (Å²) >= 11 is 12.0. The molecule has 1 aromatic rings. The molecule has 0 bridgehead atoms. The molecule has 2 fully saturated rings. The molecule has 2 heterocycles. The number of carbonyl (C=O) groups excluding carboxylic acids is 1. The fraction of sp³-hybridized carbons (Fsp3) is 0.611. The number of aliphatic hydroxyl groups is 1. The minimum atomic E-state index is -0.611. The fourth-order valence-electron chi connectivity index (χ4n) is 3.39. The predicted molar refractivity (Wildman–Crippen MR) is 99.1 cm³/mol. The number of halogens is 2. The van der Waals surface area contributed by atoms with Crippen molar-refractivity contribution in [3.63, 3.8) is 0 Å². The van der Waals surface area contributed by atoms with Crippen molar-refractivity contribution in [1.82, 2.24) is 4.90 Å². The van der Waals surface area contributed by atoms with Gasteiger partial charge in [-0.05, 0) is 25.0 Å².